The molecule has 0 saturated carbocycles. The number of methoxy groups -OCH3 is 1. The van der Waals surface area contributed by atoms with Gasteiger partial charge < -0.3 is 10.1 Å². The van der Waals surface area contributed by atoms with Crippen molar-refractivity contribution in [3.63, 3.8) is 0 Å². The number of esters is 1. The van der Waals surface area contributed by atoms with Crippen LogP contribution in [0.2, 0.25) is 0 Å². The van der Waals surface area contributed by atoms with Crippen molar-refractivity contribution in [1.29, 1.82) is 0 Å². The number of amides is 1. The van der Waals surface area contributed by atoms with Crippen LogP contribution in [0, 0.1) is 12.8 Å². The van der Waals surface area contributed by atoms with Crippen LogP contribution < -0.4 is 5.32 Å². The predicted octanol–water partition coefficient (Wildman–Crippen LogP) is 2.44. The summed E-state index contributed by atoms with van der Waals surface area (Å²) >= 11 is 3.39. The summed E-state index contributed by atoms with van der Waals surface area (Å²) in [5.74, 6) is -0.645. The highest BCUT2D eigenvalue weighted by Crippen LogP contribution is 2.19. The molecule has 21 heavy (non-hydrogen) atoms. The lowest BCUT2D eigenvalue weighted by atomic mass is 10.1. The van der Waals surface area contributed by atoms with Crippen LogP contribution in [-0.2, 0) is 14.3 Å². The van der Waals surface area contributed by atoms with Gasteiger partial charge in [0.25, 0.3) is 0 Å². The molecule has 0 bridgehead atoms. The third kappa shape index (κ3) is 5.85. The third-order valence-corrected chi connectivity index (χ3v) is 3.56. The van der Waals surface area contributed by atoms with E-state index in [1.165, 1.54) is 7.11 Å². The molecular formula is C15H21BrN2O3. The molecule has 1 rings (SSSR count). The molecule has 1 unspecified atom stereocenters. The highest BCUT2D eigenvalue weighted by molar-refractivity contribution is 9.10. The van der Waals surface area contributed by atoms with Gasteiger partial charge in [-0.1, -0.05) is 22.9 Å². The van der Waals surface area contributed by atoms with Gasteiger partial charge in [0.15, 0.2) is 0 Å². The Morgan fingerprint density at radius 1 is 1.43 bits per heavy atom. The molecule has 6 heteroatoms. The topological polar surface area (TPSA) is 58.6 Å². The van der Waals surface area contributed by atoms with Crippen molar-refractivity contribution in [2.24, 2.45) is 5.92 Å². The largest absolute Gasteiger partial charge is 0.469 e. The summed E-state index contributed by atoms with van der Waals surface area (Å²) in [6, 6.07) is 5.68. The van der Waals surface area contributed by atoms with Crippen LogP contribution in [0.1, 0.15) is 12.5 Å². The number of halogens is 1. The minimum Gasteiger partial charge on any atom is -0.469 e. The fourth-order valence-corrected chi connectivity index (χ4v) is 2.49. The van der Waals surface area contributed by atoms with Crippen LogP contribution in [-0.4, -0.2) is 44.0 Å². The first kappa shape index (κ1) is 17.7. The molecule has 1 N–H and O–H groups in total. The summed E-state index contributed by atoms with van der Waals surface area (Å²) in [6.07, 6.45) is 0. The lowest BCUT2D eigenvalue weighted by Crippen LogP contribution is -2.35. The maximum Gasteiger partial charge on any atom is 0.309 e. The zero-order valence-electron chi connectivity index (χ0n) is 12.8. The Hall–Kier alpha value is -1.40. The molecule has 0 radical (unpaired) electrons. The van der Waals surface area contributed by atoms with E-state index in [0.29, 0.717) is 6.54 Å². The van der Waals surface area contributed by atoms with Crippen LogP contribution in [0.4, 0.5) is 5.69 Å². The average molecular weight is 357 g/mol. The number of aryl methyl sites for hydroxylation is 1. The fourth-order valence-electron chi connectivity index (χ4n) is 2.01. The molecule has 0 aromatic heterocycles. The number of carbonyl (C=O) groups is 2. The van der Waals surface area contributed by atoms with E-state index in [0.717, 1.165) is 15.7 Å². The van der Waals surface area contributed by atoms with Gasteiger partial charge in [0, 0.05) is 16.7 Å². The lowest BCUT2D eigenvalue weighted by Gasteiger charge is -2.19. The first-order valence-corrected chi connectivity index (χ1v) is 7.45. The van der Waals surface area contributed by atoms with Crippen LogP contribution in [0.15, 0.2) is 22.7 Å². The average Bonchev–Trinajstić information content (AvgIpc) is 2.40. The number of rotatable bonds is 6. The van der Waals surface area contributed by atoms with Crippen molar-refractivity contribution >= 4 is 33.5 Å². The maximum atomic E-state index is 12.0. The smallest absolute Gasteiger partial charge is 0.309 e. The van der Waals surface area contributed by atoms with Crippen molar-refractivity contribution in [2.75, 3.05) is 32.6 Å². The maximum absolute atomic E-state index is 12.0. The van der Waals surface area contributed by atoms with Crippen LogP contribution in [0.5, 0.6) is 0 Å². The number of nitrogens with one attached hydrogen (secondary N) is 1. The highest BCUT2D eigenvalue weighted by Gasteiger charge is 2.17. The molecule has 0 spiro atoms. The van der Waals surface area contributed by atoms with E-state index in [9.17, 15) is 9.59 Å². The van der Waals surface area contributed by atoms with Gasteiger partial charge in [0.2, 0.25) is 5.91 Å². The third-order valence-electron chi connectivity index (χ3n) is 3.07. The van der Waals surface area contributed by atoms with Crippen molar-refractivity contribution in [3.8, 4) is 0 Å². The predicted molar refractivity (Wildman–Crippen MR) is 86.2 cm³/mol. The van der Waals surface area contributed by atoms with Gasteiger partial charge in [-0.15, -0.1) is 0 Å². The Labute approximate surface area is 133 Å². The summed E-state index contributed by atoms with van der Waals surface area (Å²) in [7, 11) is 3.16. The van der Waals surface area contributed by atoms with Gasteiger partial charge in [0.05, 0.1) is 19.6 Å². The molecule has 0 aliphatic heterocycles. The molecule has 0 aliphatic rings. The van der Waals surface area contributed by atoms with Gasteiger partial charge in [-0.05, 0) is 37.7 Å². The molecule has 116 valence electrons. The Morgan fingerprint density at radius 2 is 2.10 bits per heavy atom. The number of hydrogen-bond donors (Lipinski definition) is 1. The van der Waals surface area contributed by atoms with E-state index in [2.05, 4.69) is 26.0 Å². The van der Waals surface area contributed by atoms with Crippen LogP contribution in [0.3, 0.4) is 0 Å². The molecule has 1 aromatic carbocycles. The van der Waals surface area contributed by atoms with E-state index in [1.54, 1.807) is 18.9 Å². The van der Waals surface area contributed by atoms with Gasteiger partial charge in [-0.2, -0.15) is 0 Å². The minimum atomic E-state index is -0.272. The van der Waals surface area contributed by atoms with Crippen LogP contribution >= 0.6 is 15.9 Å². The number of hydrogen-bond acceptors (Lipinski definition) is 4. The Balaban J connectivity index is 2.51. The Bertz CT molecular complexity index is 520. The SMILES string of the molecule is COC(=O)C(C)CN(C)CC(=O)Nc1ccc(Br)cc1C. The quantitative estimate of drug-likeness (QED) is 0.795. The standard InChI is InChI=1S/C15H21BrN2O3/c1-10-7-12(16)5-6-13(10)17-14(19)9-18(3)8-11(2)15(20)21-4/h5-7,11H,8-9H2,1-4H3,(H,17,19). The van der Waals surface area contributed by atoms with E-state index in [1.807, 2.05) is 25.1 Å². The first-order valence-electron chi connectivity index (χ1n) is 6.66. The number of anilines is 1. The Kier molecular flexibility index (Phi) is 6.84. The molecule has 5 nitrogen and oxygen atoms in total. The molecule has 0 fully saturated rings. The zero-order valence-corrected chi connectivity index (χ0v) is 14.4. The molecule has 0 saturated heterocycles. The van der Waals surface area contributed by atoms with Gasteiger partial charge in [-0.25, -0.2) is 0 Å². The molecule has 0 aliphatic carbocycles. The molecule has 1 atom stereocenters. The molecule has 1 aromatic rings. The summed E-state index contributed by atoms with van der Waals surface area (Å²) in [5.41, 5.74) is 1.78. The minimum absolute atomic E-state index is 0.111. The zero-order chi connectivity index (χ0) is 16.0. The number of benzene rings is 1. The van der Waals surface area contributed by atoms with E-state index >= 15 is 0 Å². The molecule has 0 heterocycles. The van der Waals surface area contributed by atoms with Crippen molar-refractivity contribution < 1.29 is 14.3 Å². The number of carbonyl (C=O) groups excluding carboxylic acids is 2. The van der Waals surface area contributed by atoms with Crippen molar-refractivity contribution in [3.05, 3.63) is 28.2 Å². The van der Waals surface area contributed by atoms with Gasteiger partial charge >= 0.3 is 5.97 Å². The number of nitrogens with zero attached hydrogens (tertiary/aromatic N) is 1. The number of ether oxygens (including phenoxy) is 1. The summed E-state index contributed by atoms with van der Waals surface area (Å²) in [4.78, 5) is 25.1. The highest BCUT2D eigenvalue weighted by atomic mass is 79.9. The van der Waals surface area contributed by atoms with Crippen molar-refractivity contribution in [2.45, 2.75) is 13.8 Å². The lowest BCUT2D eigenvalue weighted by molar-refractivity contribution is -0.145. The summed E-state index contributed by atoms with van der Waals surface area (Å²) in [5, 5.41) is 2.87. The Morgan fingerprint density at radius 3 is 2.67 bits per heavy atom. The second kappa shape index (κ2) is 8.14. The van der Waals surface area contributed by atoms with Crippen LogP contribution in [0.25, 0.3) is 0 Å². The molecular weight excluding hydrogens is 336 g/mol. The van der Waals surface area contributed by atoms with Gasteiger partial charge in [0.1, 0.15) is 0 Å². The van der Waals surface area contributed by atoms with E-state index in [-0.39, 0.29) is 24.3 Å². The summed E-state index contributed by atoms with van der Waals surface area (Å²) < 4.78 is 5.64. The van der Waals surface area contributed by atoms with Crippen molar-refractivity contribution in [1.82, 2.24) is 4.90 Å². The normalized spacial score (nSPS) is 12.1. The van der Waals surface area contributed by atoms with E-state index in [4.69, 9.17) is 0 Å². The van der Waals surface area contributed by atoms with Gasteiger partial charge in [-0.3, -0.25) is 14.5 Å². The monoisotopic (exact) mass is 356 g/mol. The van der Waals surface area contributed by atoms with E-state index < -0.39 is 0 Å². The fraction of sp³-hybridized carbons (Fsp3) is 0.467. The first-order chi connectivity index (χ1) is 9.83. The molecule has 1 amide bonds. The number of likely N-dealkylation sites (N-methyl/N-ethyl adjacent to an activating group) is 1. The second-order valence-corrected chi connectivity index (χ2v) is 6.04. The second-order valence-electron chi connectivity index (χ2n) is 5.13. The summed E-state index contributed by atoms with van der Waals surface area (Å²) in [6.45, 7) is 4.40.